The molecule has 0 saturated heterocycles. The Morgan fingerprint density at radius 2 is 2.00 bits per heavy atom. The highest BCUT2D eigenvalue weighted by Gasteiger charge is 2.20. The Morgan fingerprint density at radius 1 is 1.10 bits per heavy atom. The van der Waals surface area contributed by atoms with E-state index in [9.17, 15) is 0 Å². The van der Waals surface area contributed by atoms with Gasteiger partial charge in [-0.2, -0.15) is 5.10 Å². The fourth-order valence-electron chi connectivity index (χ4n) is 3.00. The molecule has 0 atom stereocenters. The third-order valence-corrected chi connectivity index (χ3v) is 4.11. The molecule has 4 nitrogen and oxygen atoms in total. The lowest BCUT2D eigenvalue weighted by molar-refractivity contribution is 0.672. The summed E-state index contributed by atoms with van der Waals surface area (Å²) < 4.78 is 0. The second kappa shape index (κ2) is 4.71. The molecule has 3 aromatic rings. The summed E-state index contributed by atoms with van der Waals surface area (Å²) in [6.07, 6.45) is 6.89. The van der Waals surface area contributed by atoms with Crippen molar-refractivity contribution in [2.45, 2.75) is 31.6 Å². The maximum atomic E-state index is 4.68. The fourth-order valence-corrected chi connectivity index (χ4v) is 3.00. The van der Waals surface area contributed by atoms with Gasteiger partial charge in [-0.1, -0.05) is 18.9 Å². The molecular formula is C16H16N4. The highest BCUT2D eigenvalue weighted by molar-refractivity contribution is 5.82. The first-order chi connectivity index (χ1) is 9.90. The van der Waals surface area contributed by atoms with E-state index in [1.54, 1.807) is 0 Å². The Bertz CT molecular complexity index is 741. The van der Waals surface area contributed by atoms with Crippen molar-refractivity contribution in [1.29, 1.82) is 0 Å². The molecule has 1 fully saturated rings. The second-order valence-electron chi connectivity index (χ2n) is 5.44. The predicted molar refractivity (Wildman–Crippen MR) is 78.3 cm³/mol. The first-order valence-corrected chi connectivity index (χ1v) is 7.17. The lowest BCUT2D eigenvalue weighted by Gasteiger charge is -2.02. The molecular weight excluding hydrogens is 248 g/mol. The Morgan fingerprint density at radius 3 is 2.90 bits per heavy atom. The van der Waals surface area contributed by atoms with Crippen LogP contribution in [0.1, 0.15) is 37.4 Å². The number of hydrogen-bond donors (Lipinski definition) is 1. The Balaban J connectivity index is 1.71. The highest BCUT2D eigenvalue weighted by atomic mass is 15.2. The van der Waals surface area contributed by atoms with Crippen molar-refractivity contribution in [3.63, 3.8) is 0 Å². The van der Waals surface area contributed by atoms with Gasteiger partial charge < -0.3 is 0 Å². The zero-order valence-corrected chi connectivity index (χ0v) is 11.2. The number of nitrogens with one attached hydrogen (secondary N) is 1. The number of benzene rings is 1. The molecule has 1 aliphatic rings. The van der Waals surface area contributed by atoms with Crippen LogP contribution in [0.15, 0.2) is 36.5 Å². The third-order valence-electron chi connectivity index (χ3n) is 4.11. The van der Waals surface area contributed by atoms with Crippen LogP contribution in [0.5, 0.6) is 0 Å². The molecule has 2 aromatic heterocycles. The second-order valence-corrected chi connectivity index (χ2v) is 5.44. The van der Waals surface area contributed by atoms with E-state index in [4.69, 9.17) is 0 Å². The zero-order chi connectivity index (χ0) is 13.4. The van der Waals surface area contributed by atoms with E-state index in [1.165, 1.54) is 25.7 Å². The molecule has 0 bridgehead atoms. The van der Waals surface area contributed by atoms with Crippen molar-refractivity contribution in [2.24, 2.45) is 0 Å². The number of H-pyrrole nitrogens is 1. The lowest BCUT2D eigenvalue weighted by atomic mass is 10.1. The van der Waals surface area contributed by atoms with E-state index in [2.05, 4.69) is 32.3 Å². The summed E-state index contributed by atoms with van der Waals surface area (Å²) in [5.41, 5.74) is 2.05. The van der Waals surface area contributed by atoms with Crippen molar-refractivity contribution in [1.82, 2.24) is 20.2 Å². The molecule has 0 aliphatic heterocycles. The van der Waals surface area contributed by atoms with Gasteiger partial charge in [0.2, 0.25) is 0 Å². The number of aromatic amines is 1. The quantitative estimate of drug-likeness (QED) is 0.768. The van der Waals surface area contributed by atoms with Crippen LogP contribution >= 0.6 is 0 Å². The van der Waals surface area contributed by atoms with Crippen molar-refractivity contribution >= 4 is 10.9 Å². The van der Waals surface area contributed by atoms with E-state index in [1.807, 2.05) is 24.4 Å². The summed E-state index contributed by atoms with van der Waals surface area (Å²) in [5, 5.41) is 8.62. The average Bonchev–Trinajstić information content (AvgIpc) is 3.17. The van der Waals surface area contributed by atoms with E-state index in [-0.39, 0.29) is 0 Å². The number of fused-ring (bicyclic) bond motifs is 1. The van der Waals surface area contributed by atoms with Gasteiger partial charge in [0.15, 0.2) is 5.82 Å². The van der Waals surface area contributed by atoms with Gasteiger partial charge in [0.25, 0.3) is 0 Å². The topological polar surface area (TPSA) is 54.5 Å². The van der Waals surface area contributed by atoms with Crippen LogP contribution in [-0.2, 0) is 0 Å². The molecule has 1 N–H and O–H groups in total. The summed E-state index contributed by atoms with van der Waals surface area (Å²) in [6.45, 7) is 0. The fraction of sp³-hybridized carbons (Fsp3) is 0.312. The average molecular weight is 264 g/mol. The number of rotatable bonds is 2. The lowest BCUT2D eigenvalue weighted by Crippen LogP contribution is -1.94. The van der Waals surface area contributed by atoms with Crippen LogP contribution in [0.2, 0.25) is 0 Å². The number of nitrogens with zero attached hydrogens (tertiary/aromatic N) is 3. The summed E-state index contributed by atoms with van der Waals surface area (Å²) in [4.78, 5) is 9.02. The molecule has 1 aliphatic carbocycles. The largest absolute Gasteiger partial charge is 0.262 e. The molecule has 2 heterocycles. The maximum absolute atomic E-state index is 4.68. The van der Waals surface area contributed by atoms with Crippen LogP contribution in [0.4, 0.5) is 0 Å². The van der Waals surface area contributed by atoms with Gasteiger partial charge >= 0.3 is 0 Å². The Kier molecular flexibility index (Phi) is 2.73. The molecule has 20 heavy (non-hydrogen) atoms. The van der Waals surface area contributed by atoms with Crippen molar-refractivity contribution in [3.8, 4) is 11.4 Å². The van der Waals surface area contributed by atoms with E-state index >= 15 is 0 Å². The predicted octanol–water partition coefficient (Wildman–Crippen LogP) is 3.68. The first-order valence-electron chi connectivity index (χ1n) is 7.17. The van der Waals surface area contributed by atoms with Crippen LogP contribution in [-0.4, -0.2) is 20.2 Å². The van der Waals surface area contributed by atoms with Crippen LogP contribution < -0.4 is 0 Å². The molecule has 1 saturated carbocycles. The van der Waals surface area contributed by atoms with Crippen molar-refractivity contribution in [3.05, 3.63) is 42.4 Å². The molecule has 4 heteroatoms. The maximum Gasteiger partial charge on any atom is 0.181 e. The van der Waals surface area contributed by atoms with E-state index in [0.29, 0.717) is 5.92 Å². The van der Waals surface area contributed by atoms with Gasteiger partial charge in [-0.05, 0) is 37.1 Å². The van der Waals surface area contributed by atoms with E-state index < -0.39 is 0 Å². The summed E-state index contributed by atoms with van der Waals surface area (Å²) in [5.74, 6) is 2.40. The first kappa shape index (κ1) is 11.6. The molecule has 0 spiro atoms. The molecule has 4 rings (SSSR count). The molecule has 1 aromatic carbocycles. The van der Waals surface area contributed by atoms with Gasteiger partial charge in [0.1, 0.15) is 5.82 Å². The SMILES string of the molecule is c1cnc2ccc(-c3n[nH]c(C4CCCC4)n3)cc2c1. The zero-order valence-electron chi connectivity index (χ0n) is 11.2. The van der Waals surface area contributed by atoms with Crippen LogP contribution in [0.25, 0.3) is 22.3 Å². The number of pyridine rings is 1. The van der Waals surface area contributed by atoms with Gasteiger partial charge in [0.05, 0.1) is 5.52 Å². The van der Waals surface area contributed by atoms with Gasteiger partial charge in [-0.3, -0.25) is 10.1 Å². The normalized spacial score (nSPS) is 16.0. The van der Waals surface area contributed by atoms with Crippen molar-refractivity contribution in [2.75, 3.05) is 0 Å². The summed E-state index contributed by atoms with van der Waals surface area (Å²) >= 11 is 0. The Hall–Kier alpha value is -2.23. The minimum absolute atomic E-state index is 0.568. The minimum Gasteiger partial charge on any atom is -0.262 e. The van der Waals surface area contributed by atoms with Gasteiger partial charge in [-0.25, -0.2) is 4.98 Å². The molecule has 100 valence electrons. The standard InChI is InChI=1S/C16H16N4/c1-2-5-11(4-1)15-18-16(20-19-15)13-7-8-14-12(10-13)6-3-9-17-14/h3,6-11H,1-2,4-5H2,(H,18,19,20). The number of hydrogen-bond acceptors (Lipinski definition) is 3. The van der Waals surface area contributed by atoms with Crippen molar-refractivity contribution < 1.29 is 0 Å². The monoisotopic (exact) mass is 264 g/mol. The minimum atomic E-state index is 0.568. The summed E-state index contributed by atoms with van der Waals surface area (Å²) in [6, 6.07) is 10.2. The smallest absolute Gasteiger partial charge is 0.181 e. The van der Waals surface area contributed by atoms with Crippen LogP contribution in [0.3, 0.4) is 0 Å². The molecule has 0 amide bonds. The molecule has 0 radical (unpaired) electrons. The Labute approximate surface area is 117 Å². The summed E-state index contributed by atoms with van der Waals surface area (Å²) in [7, 11) is 0. The molecule has 0 unspecified atom stereocenters. The highest BCUT2D eigenvalue weighted by Crippen LogP contribution is 2.32. The van der Waals surface area contributed by atoms with Crippen LogP contribution in [0, 0.1) is 0 Å². The third kappa shape index (κ3) is 1.97. The van der Waals surface area contributed by atoms with Gasteiger partial charge in [-0.15, -0.1) is 0 Å². The van der Waals surface area contributed by atoms with Gasteiger partial charge in [0, 0.05) is 23.1 Å². The van der Waals surface area contributed by atoms with E-state index in [0.717, 1.165) is 28.1 Å². The number of aromatic nitrogens is 4.